The van der Waals surface area contributed by atoms with E-state index in [9.17, 15) is 19.5 Å². The van der Waals surface area contributed by atoms with E-state index in [2.05, 4.69) is 34.5 Å². The number of hydrogen-bond donors (Lipinski definition) is 4. The molecule has 0 saturated carbocycles. The fourth-order valence-electron chi connectivity index (χ4n) is 7.27. The summed E-state index contributed by atoms with van der Waals surface area (Å²) in [6.45, 7) is 7.23. The normalized spacial score (nSPS) is 27.8. The van der Waals surface area contributed by atoms with Gasteiger partial charge in [0.25, 0.3) is 5.91 Å². The van der Waals surface area contributed by atoms with Gasteiger partial charge in [-0.05, 0) is 6.92 Å². The third-order valence-electron chi connectivity index (χ3n) is 10.0. The van der Waals surface area contributed by atoms with Gasteiger partial charge in [0.05, 0.1) is 21.6 Å². The number of nitrogens with one attached hydrogen (secondary N) is 1. The van der Waals surface area contributed by atoms with E-state index in [0.29, 0.717) is 38.2 Å². The van der Waals surface area contributed by atoms with Crippen molar-refractivity contribution in [3.8, 4) is 11.3 Å². The first kappa shape index (κ1) is 33.6. The van der Waals surface area contributed by atoms with E-state index >= 15 is 0 Å². The number of thiazole rings is 2. The first-order valence-electron chi connectivity index (χ1n) is 15.6. The van der Waals surface area contributed by atoms with Crippen molar-refractivity contribution < 1.29 is 33.3 Å². The maximum absolute atomic E-state index is 13.6. The van der Waals surface area contributed by atoms with Crippen molar-refractivity contribution in [3.63, 3.8) is 0 Å². The first-order chi connectivity index (χ1) is 23.4. The minimum atomic E-state index is -1.16. The molecule has 14 nitrogen and oxygen atoms in total. The number of nitrogens with zero attached hydrogens (tertiary/aromatic N) is 6. The summed E-state index contributed by atoms with van der Waals surface area (Å²) in [6, 6.07) is 8.39. The number of thioether (sulfide) groups is 1. The van der Waals surface area contributed by atoms with Crippen molar-refractivity contribution in [2.45, 2.75) is 36.7 Å². The van der Waals surface area contributed by atoms with Crippen LogP contribution in [0.1, 0.15) is 29.6 Å². The molecule has 2 bridgehead atoms. The average Bonchev–Trinajstić information content (AvgIpc) is 3.73. The predicted octanol–water partition coefficient (Wildman–Crippen LogP) is 2.87. The minimum absolute atomic E-state index is 0.00485. The van der Waals surface area contributed by atoms with Gasteiger partial charge in [0, 0.05) is 28.3 Å². The van der Waals surface area contributed by atoms with E-state index in [1.165, 1.54) is 35.8 Å². The SMILES string of the molecule is CON=C(C(=O)NC1S[C@H]2CC(=S)N2C(C(=O)O)=C1c1nc(-c2ccc(C[N+]34CC[N+](C(N)=O)(CC3)CC4C)cc2)cs1)c1csc(N)n1. The number of primary amides is 1. The van der Waals surface area contributed by atoms with Gasteiger partial charge in [-0.3, -0.25) is 4.79 Å². The zero-order valence-electron chi connectivity index (χ0n) is 26.7. The summed E-state index contributed by atoms with van der Waals surface area (Å²) in [5.74, 6) is -1.76. The summed E-state index contributed by atoms with van der Waals surface area (Å²) in [5.41, 5.74) is 14.8. The number of oxime groups is 1. The molecule has 256 valence electrons. The quantitative estimate of drug-likeness (QED) is 0.109. The Morgan fingerprint density at radius 1 is 1.14 bits per heavy atom. The number of piperazine rings is 3. The van der Waals surface area contributed by atoms with E-state index in [1.807, 2.05) is 17.5 Å². The fourth-order valence-corrected chi connectivity index (χ4v) is 10.8. The highest BCUT2D eigenvalue weighted by atomic mass is 32.2. The molecule has 2 aromatic heterocycles. The molecule has 4 fully saturated rings. The summed E-state index contributed by atoms with van der Waals surface area (Å²) in [4.78, 5) is 54.7. The van der Waals surface area contributed by atoms with Crippen LogP contribution in [-0.4, -0.2) is 114 Å². The van der Waals surface area contributed by atoms with E-state index < -0.39 is 17.3 Å². The number of quaternary nitrogens is 2. The number of thiocarbonyl (C=S) groups is 1. The molecule has 4 saturated heterocycles. The number of nitrogen functional groups attached to an aromatic ring is 1. The Kier molecular flexibility index (Phi) is 8.73. The lowest BCUT2D eigenvalue weighted by Gasteiger charge is -2.56. The molecule has 18 heteroatoms. The van der Waals surface area contributed by atoms with Gasteiger partial charge < -0.3 is 36.1 Å². The number of rotatable bonds is 9. The van der Waals surface area contributed by atoms with Crippen LogP contribution in [-0.2, 0) is 21.0 Å². The van der Waals surface area contributed by atoms with Gasteiger partial charge in [-0.1, -0.05) is 41.6 Å². The smallest absolute Gasteiger partial charge is 0.414 e. The zero-order valence-corrected chi connectivity index (χ0v) is 30.0. The van der Waals surface area contributed by atoms with Crippen LogP contribution in [0.2, 0.25) is 0 Å². The van der Waals surface area contributed by atoms with Gasteiger partial charge >= 0.3 is 12.0 Å². The molecule has 2 unspecified atom stereocenters. The topological polar surface area (TPSA) is 186 Å². The number of anilines is 1. The molecule has 3 amide bonds. The van der Waals surface area contributed by atoms with Crippen molar-refractivity contribution in [1.29, 1.82) is 0 Å². The van der Waals surface area contributed by atoms with Gasteiger partial charge in [0.1, 0.15) is 74.2 Å². The molecule has 0 spiro atoms. The monoisotopic (exact) mass is 741 g/mol. The molecule has 3 aromatic rings. The number of benzene rings is 1. The van der Waals surface area contributed by atoms with Crippen molar-refractivity contribution in [2.24, 2.45) is 10.9 Å². The number of aliphatic carboxylic acids is 1. The second-order valence-electron chi connectivity index (χ2n) is 12.7. The number of carbonyl (C=O) groups excluding carboxylic acids is 2. The third-order valence-corrected chi connectivity index (χ3v) is 13.3. The van der Waals surface area contributed by atoms with E-state index in [4.69, 9.17) is 33.5 Å². The van der Waals surface area contributed by atoms with Gasteiger partial charge in [-0.15, -0.1) is 34.4 Å². The Morgan fingerprint density at radius 3 is 2.47 bits per heavy atom. The van der Waals surface area contributed by atoms with Crippen molar-refractivity contribution in [2.75, 3.05) is 45.6 Å². The zero-order chi connectivity index (χ0) is 34.7. The molecule has 5 aliphatic rings. The van der Waals surface area contributed by atoms with Crippen LogP contribution in [0.4, 0.5) is 9.93 Å². The molecule has 1 aromatic carbocycles. The lowest BCUT2D eigenvalue weighted by Crippen LogP contribution is -2.79. The molecular weight excluding hydrogens is 707 g/mol. The second kappa shape index (κ2) is 12.7. The van der Waals surface area contributed by atoms with Crippen LogP contribution in [0.15, 0.2) is 45.9 Å². The van der Waals surface area contributed by atoms with Crippen molar-refractivity contribution in [3.05, 3.63) is 57.0 Å². The second-order valence-corrected chi connectivity index (χ2v) is 16.2. The predicted molar refractivity (Wildman–Crippen MR) is 192 cm³/mol. The van der Waals surface area contributed by atoms with Crippen LogP contribution in [0, 0.1) is 0 Å². The Bertz CT molecular complexity index is 1910. The number of fused-ring (bicyclic) bond motifs is 4. The van der Waals surface area contributed by atoms with E-state index in [0.717, 1.165) is 60.7 Å². The number of nitrogens with two attached hydrogens (primary N) is 2. The third kappa shape index (κ3) is 5.89. The lowest BCUT2D eigenvalue weighted by molar-refractivity contribution is -1.07. The van der Waals surface area contributed by atoms with Gasteiger partial charge in [0.15, 0.2) is 10.8 Å². The molecule has 5 aliphatic heterocycles. The number of hydrogen-bond acceptors (Lipinski definition) is 12. The maximum atomic E-state index is 13.6. The fraction of sp³-hybridized carbons (Fsp3) is 0.387. The molecule has 8 rings (SSSR count). The highest BCUT2D eigenvalue weighted by Gasteiger charge is 2.56. The van der Waals surface area contributed by atoms with Crippen LogP contribution >= 0.6 is 46.7 Å². The van der Waals surface area contributed by atoms with Crippen LogP contribution in [0.5, 0.6) is 0 Å². The van der Waals surface area contributed by atoms with Crippen LogP contribution in [0.25, 0.3) is 16.8 Å². The first-order valence-corrected chi connectivity index (χ1v) is 18.7. The molecule has 49 heavy (non-hydrogen) atoms. The highest BCUT2D eigenvalue weighted by molar-refractivity contribution is 8.01. The van der Waals surface area contributed by atoms with Crippen LogP contribution < -0.4 is 16.8 Å². The molecule has 3 atom stereocenters. The summed E-state index contributed by atoms with van der Waals surface area (Å²) < 4.78 is 1.33. The maximum Gasteiger partial charge on any atom is 0.414 e. The number of carboxylic acids is 1. The Morgan fingerprint density at radius 2 is 1.88 bits per heavy atom. The summed E-state index contributed by atoms with van der Waals surface area (Å²) in [7, 11) is 1.32. The van der Waals surface area contributed by atoms with E-state index in [-0.39, 0.29) is 33.6 Å². The van der Waals surface area contributed by atoms with Crippen molar-refractivity contribution >= 4 is 86.0 Å². The van der Waals surface area contributed by atoms with Gasteiger partial charge in [-0.25, -0.2) is 24.0 Å². The Hall–Kier alpha value is -3.94. The summed E-state index contributed by atoms with van der Waals surface area (Å²) >= 11 is 9.33. The Balaban J connectivity index is 1.15. The Labute approximate surface area is 299 Å². The number of carbonyl (C=O) groups is 3. The van der Waals surface area contributed by atoms with Crippen molar-refractivity contribution in [1.82, 2.24) is 20.2 Å². The summed E-state index contributed by atoms with van der Waals surface area (Å²) in [5, 5.41) is 20.4. The number of aromatic nitrogens is 2. The number of carboxylic acid groups (broad SMARTS) is 1. The van der Waals surface area contributed by atoms with Gasteiger partial charge in [0.2, 0.25) is 0 Å². The lowest BCUT2D eigenvalue weighted by atomic mass is 9.98. The number of amides is 3. The average molecular weight is 742 g/mol. The highest BCUT2D eigenvalue weighted by Crippen LogP contribution is 2.48. The van der Waals surface area contributed by atoms with Gasteiger partial charge in [-0.2, -0.15) is 0 Å². The molecule has 0 radical (unpaired) electrons. The molecule has 6 N–H and O–H groups in total. The number of urea groups is 1. The summed E-state index contributed by atoms with van der Waals surface area (Å²) in [6.07, 6.45) is 0.511. The van der Waals surface area contributed by atoms with E-state index in [1.54, 1.807) is 10.3 Å². The molecular formula is C31H35N9O5S4+2. The van der Waals surface area contributed by atoms with Crippen LogP contribution in [0.3, 0.4) is 0 Å². The largest absolute Gasteiger partial charge is 0.477 e. The molecule has 0 aliphatic carbocycles. The minimum Gasteiger partial charge on any atom is -0.477 e. The standard InChI is InChI=1S/C31H33N9O5S4/c1-16-12-40(31(33)44)9-7-39(16,8-10-40)13-17-3-5-18(6-4-17)19-14-47-27(34-19)23-25(29(42)43)38-21(46)11-22(38)49-28(23)36-26(41)24(37-45-2)20-15-48-30(32)35-20/h3-6,14-16,22,28H,7-13H2,1-2H3,(H4-2,32,33,35,36,41,42,43,44)/p+2/t16?,22-,28?,39?,40?/m0/s1. The molecule has 7 heterocycles.